The second kappa shape index (κ2) is 3.91. The van der Waals surface area contributed by atoms with Crippen LogP contribution in [0.4, 0.5) is 0 Å². The molecule has 78 valence electrons. The minimum absolute atomic E-state index is 0.370. The number of carboxylic acids is 3. The van der Waals surface area contributed by atoms with Crippen molar-refractivity contribution < 1.29 is 29.7 Å². The first-order valence-electron chi connectivity index (χ1n) is 3.59. The van der Waals surface area contributed by atoms with Crippen LogP contribution in [0.5, 0.6) is 0 Å². The van der Waals surface area contributed by atoms with Crippen molar-refractivity contribution in [2.75, 3.05) is 0 Å². The van der Waals surface area contributed by atoms with E-state index in [-0.39, 0.29) is 5.57 Å². The molecular formula is C8H10O6. The minimum atomic E-state index is -2.25. The Morgan fingerprint density at radius 3 is 1.71 bits per heavy atom. The molecule has 0 heterocycles. The van der Waals surface area contributed by atoms with Crippen molar-refractivity contribution in [3.8, 4) is 0 Å². The lowest BCUT2D eigenvalue weighted by molar-refractivity contribution is -0.160. The highest BCUT2D eigenvalue weighted by atomic mass is 16.4. The Balaban J connectivity index is 5.03. The summed E-state index contributed by atoms with van der Waals surface area (Å²) >= 11 is 0. The first-order valence-corrected chi connectivity index (χ1v) is 3.59. The van der Waals surface area contributed by atoms with E-state index in [4.69, 9.17) is 15.3 Å². The molecule has 0 saturated carbocycles. The lowest BCUT2D eigenvalue weighted by Crippen LogP contribution is -2.38. The van der Waals surface area contributed by atoms with Crippen LogP contribution in [0.3, 0.4) is 0 Å². The molecule has 0 aliphatic rings. The standard InChI is InChI=1S/C8H10O6/c1-4(3-5(9)10)8(2,6(11)12)7(13)14/h1,3H2,2H3,(H,9,10)(H,11,12)(H,13,14). The van der Waals surface area contributed by atoms with Crippen molar-refractivity contribution in [1.82, 2.24) is 0 Å². The quantitative estimate of drug-likeness (QED) is 0.433. The average molecular weight is 202 g/mol. The second-order valence-electron chi connectivity index (χ2n) is 2.91. The maximum Gasteiger partial charge on any atom is 0.324 e. The minimum Gasteiger partial charge on any atom is -0.481 e. The van der Waals surface area contributed by atoms with Crippen LogP contribution in [-0.4, -0.2) is 33.2 Å². The first kappa shape index (κ1) is 12.2. The van der Waals surface area contributed by atoms with Crippen molar-refractivity contribution in [2.24, 2.45) is 5.41 Å². The molecule has 14 heavy (non-hydrogen) atoms. The molecule has 0 spiro atoms. The summed E-state index contributed by atoms with van der Waals surface area (Å²) in [6, 6.07) is 0. The lowest BCUT2D eigenvalue weighted by atomic mass is 9.81. The van der Waals surface area contributed by atoms with Crippen LogP contribution in [0.25, 0.3) is 0 Å². The van der Waals surface area contributed by atoms with Crippen molar-refractivity contribution in [2.45, 2.75) is 13.3 Å². The van der Waals surface area contributed by atoms with E-state index in [0.717, 1.165) is 6.92 Å². The van der Waals surface area contributed by atoms with Gasteiger partial charge < -0.3 is 15.3 Å². The Morgan fingerprint density at radius 1 is 1.14 bits per heavy atom. The van der Waals surface area contributed by atoms with Gasteiger partial charge in [-0.1, -0.05) is 6.58 Å². The van der Waals surface area contributed by atoms with Gasteiger partial charge >= 0.3 is 17.9 Å². The summed E-state index contributed by atoms with van der Waals surface area (Å²) in [7, 11) is 0. The number of aliphatic carboxylic acids is 3. The fourth-order valence-electron chi connectivity index (χ4n) is 0.753. The van der Waals surface area contributed by atoms with Gasteiger partial charge in [0.2, 0.25) is 0 Å². The fourth-order valence-corrected chi connectivity index (χ4v) is 0.753. The van der Waals surface area contributed by atoms with Gasteiger partial charge in [0.1, 0.15) is 0 Å². The van der Waals surface area contributed by atoms with E-state index in [1.165, 1.54) is 0 Å². The number of rotatable bonds is 5. The largest absolute Gasteiger partial charge is 0.481 e. The maximum atomic E-state index is 10.7. The van der Waals surface area contributed by atoms with E-state index < -0.39 is 29.7 Å². The summed E-state index contributed by atoms with van der Waals surface area (Å²) in [5, 5.41) is 25.7. The molecule has 0 radical (unpaired) electrons. The molecular weight excluding hydrogens is 192 g/mol. The van der Waals surface area contributed by atoms with E-state index in [0.29, 0.717) is 0 Å². The van der Waals surface area contributed by atoms with E-state index in [1.54, 1.807) is 0 Å². The van der Waals surface area contributed by atoms with Gasteiger partial charge in [-0.2, -0.15) is 0 Å². The van der Waals surface area contributed by atoms with Crippen LogP contribution >= 0.6 is 0 Å². The van der Waals surface area contributed by atoms with Gasteiger partial charge in [0.05, 0.1) is 6.42 Å². The van der Waals surface area contributed by atoms with Crippen LogP contribution in [0.15, 0.2) is 12.2 Å². The van der Waals surface area contributed by atoms with Gasteiger partial charge in [-0.25, -0.2) is 0 Å². The fraction of sp³-hybridized carbons (Fsp3) is 0.375. The third-order valence-corrected chi connectivity index (χ3v) is 1.93. The van der Waals surface area contributed by atoms with E-state index in [2.05, 4.69) is 6.58 Å². The molecule has 0 fully saturated rings. The van der Waals surface area contributed by atoms with Crippen LogP contribution in [0, 0.1) is 5.41 Å². The van der Waals surface area contributed by atoms with Gasteiger partial charge in [-0.3, -0.25) is 14.4 Å². The molecule has 0 aromatic carbocycles. The zero-order valence-electron chi connectivity index (χ0n) is 7.48. The molecule has 0 bridgehead atoms. The Kier molecular flexibility index (Phi) is 3.39. The highest BCUT2D eigenvalue weighted by molar-refractivity contribution is 6.02. The summed E-state index contributed by atoms with van der Waals surface area (Å²) in [4.78, 5) is 31.6. The molecule has 0 unspecified atom stereocenters. The van der Waals surface area contributed by atoms with Gasteiger partial charge in [0.25, 0.3) is 0 Å². The number of hydrogen-bond donors (Lipinski definition) is 3. The zero-order valence-corrected chi connectivity index (χ0v) is 7.48. The van der Waals surface area contributed by atoms with Crippen molar-refractivity contribution in [1.29, 1.82) is 0 Å². The summed E-state index contributed by atoms with van der Waals surface area (Å²) in [5.41, 5.74) is -2.62. The summed E-state index contributed by atoms with van der Waals surface area (Å²) in [6.45, 7) is 4.07. The van der Waals surface area contributed by atoms with E-state index in [9.17, 15) is 14.4 Å². The highest BCUT2D eigenvalue weighted by Gasteiger charge is 2.44. The Hall–Kier alpha value is -1.85. The topological polar surface area (TPSA) is 112 Å². The monoisotopic (exact) mass is 202 g/mol. The Morgan fingerprint density at radius 2 is 1.50 bits per heavy atom. The summed E-state index contributed by atoms with van der Waals surface area (Å²) < 4.78 is 0. The van der Waals surface area contributed by atoms with Gasteiger partial charge in [0, 0.05) is 0 Å². The molecule has 0 atom stereocenters. The third-order valence-electron chi connectivity index (χ3n) is 1.93. The van der Waals surface area contributed by atoms with Crippen LogP contribution in [-0.2, 0) is 14.4 Å². The van der Waals surface area contributed by atoms with Crippen molar-refractivity contribution in [3.63, 3.8) is 0 Å². The number of carbonyl (C=O) groups is 3. The molecule has 0 aromatic heterocycles. The molecule has 3 N–H and O–H groups in total. The predicted octanol–water partition coefficient (Wildman–Crippen LogP) is 0.193. The highest BCUT2D eigenvalue weighted by Crippen LogP contribution is 2.28. The van der Waals surface area contributed by atoms with Gasteiger partial charge in [-0.15, -0.1) is 0 Å². The summed E-state index contributed by atoms with van der Waals surface area (Å²) in [5.74, 6) is -4.57. The smallest absolute Gasteiger partial charge is 0.324 e. The number of carboxylic acid groups (broad SMARTS) is 3. The molecule has 0 aliphatic carbocycles. The Bertz CT molecular complexity index is 289. The zero-order chi connectivity index (χ0) is 11.5. The molecule has 0 saturated heterocycles. The van der Waals surface area contributed by atoms with E-state index >= 15 is 0 Å². The van der Waals surface area contributed by atoms with Gasteiger partial charge in [0.15, 0.2) is 5.41 Å². The molecule has 0 aromatic rings. The lowest BCUT2D eigenvalue weighted by Gasteiger charge is -2.20. The SMILES string of the molecule is C=C(CC(=O)O)C(C)(C(=O)O)C(=O)O. The third kappa shape index (κ3) is 2.09. The molecule has 0 amide bonds. The summed E-state index contributed by atoms with van der Waals surface area (Å²) in [6.07, 6.45) is -0.685. The van der Waals surface area contributed by atoms with Gasteiger partial charge in [-0.05, 0) is 12.5 Å². The number of hydrogen-bond acceptors (Lipinski definition) is 3. The Labute approximate surface area is 79.5 Å². The second-order valence-corrected chi connectivity index (χ2v) is 2.91. The van der Waals surface area contributed by atoms with Crippen molar-refractivity contribution in [3.05, 3.63) is 12.2 Å². The van der Waals surface area contributed by atoms with Crippen LogP contribution in [0.2, 0.25) is 0 Å². The maximum absolute atomic E-state index is 10.7. The van der Waals surface area contributed by atoms with Crippen molar-refractivity contribution >= 4 is 17.9 Å². The first-order chi connectivity index (χ1) is 6.22. The van der Waals surface area contributed by atoms with Crippen LogP contribution in [0.1, 0.15) is 13.3 Å². The molecule has 0 rings (SSSR count). The van der Waals surface area contributed by atoms with Crippen LogP contribution < -0.4 is 0 Å². The molecule has 6 heteroatoms. The van der Waals surface area contributed by atoms with E-state index in [1.807, 2.05) is 0 Å². The molecule has 0 aliphatic heterocycles. The normalized spacial score (nSPS) is 10.6. The average Bonchev–Trinajstić information content (AvgIpc) is 2.00. The molecule has 6 nitrogen and oxygen atoms in total. The predicted molar refractivity (Wildman–Crippen MR) is 44.8 cm³/mol.